The number of aryl methyl sites for hydroxylation is 2. The summed E-state index contributed by atoms with van der Waals surface area (Å²) in [6.45, 7) is 4.12. The molecule has 5 N–H and O–H groups in total. The summed E-state index contributed by atoms with van der Waals surface area (Å²) in [5, 5.41) is 0.567. The van der Waals surface area contributed by atoms with E-state index >= 15 is 0 Å². The molecular weight excluding hydrogens is 338 g/mol. The molecule has 0 radical (unpaired) electrons. The van der Waals surface area contributed by atoms with Gasteiger partial charge in [-0.25, -0.2) is 8.78 Å². The van der Waals surface area contributed by atoms with Gasteiger partial charge in [0.2, 0.25) is 0 Å². The van der Waals surface area contributed by atoms with E-state index < -0.39 is 17.9 Å². The van der Waals surface area contributed by atoms with Crippen LogP contribution in [0.25, 0.3) is 10.9 Å². The van der Waals surface area contributed by atoms with Crippen molar-refractivity contribution in [3.8, 4) is 0 Å². The summed E-state index contributed by atoms with van der Waals surface area (Å²) in [5.41, 5.74) is 13.7. The number of nitrogens with zero attached hydrogens (tertiary/aromatic N) is 1. The quantitative estimate of drug-likeness (QED) is 0.769. The fourth-order valence-corrected chi connectivity index (χ4v) is 3.36. The van der Waals surface area contributed by atoms with E-state index in [2.05, 4.69) is 4.98 Å². The maximum Gasteiger partial charge on any atom is 0.250 e. The van der Waals surface area contributed by atoms with Gasteiger partial charge in [0.25, 0.3) is 5.91 Å². The van der Waals surface area contributed by atoms with Crippen molar-refractivity contribution < 1.29 is 13.6 Å². The fourth-order valence-electron chi connectivity index (χ4n) is 3.36. The molecule has 0 spiro atoms. The number of carbonyl (C=O) groups is 1. The van der Waals surface area contributed by atoms with Crippen LogP contribution >= 0.6 is 12.4 Å². The van der Waals surface area contributed by atoms with E-state index in [-0.39, 0.29) is 42.7 Å². The normalized spacial score (nSPS) is 21.0. The number of carbonyl (C=O) groups excluding carboxylic acids is 1. The highest BCUT2D eigenvalue weighted by atomic mass is 35.5. The predicted octanol–water partition coefficient (Wildman–Crippen LogP) is 2.32. The number of hydrogen-bond donors (Lipinski definition) is 3. The van der Waals surface area contributed by atoms with Gasteiger partial charge in [-0.2, -0.15) is 0 Å². The number of aromatic amines is 1. The van der Waals surface area contributed by atoms with Crippen LogP contribution in [0.1, 0.15) is 28.0 Å². The number of hydrogen-bond acceptors (Lipinski definition) is 3. The lowest BCUT2D eigenvalue weighted by Crippen LogP contribution is -2.48. The van der Waals surface area contributed by atoms with Gasteiger partial charge in [0.05, 0.1) is 16.8 Å². The Morgan fingerprint density at radius 3 is 2.62 bits per heavy atom. The van der Waals surface area contributed by atoms with Crippen LogP contribution in [0.15, 0.2) is 6.07 Å². The highest BCUT2D eigenvalue weighted by molar-refractivity contribution is 6.10. The monoisotopic (exact) mass is 358 g/mol. The van der Waals surface area contributed by atoms with E-state index in [0.717, 1.165) is 17.3 Å². The summed E-state index contributed by atoms with van der Waals surface area (Å²) in [6, 6.07) is 0.757. The maximum atomic E-state index is 14.7. The number of primary amides is 1. The minimum atomic E-state index is -1.11. The van der Waals surface area contributed by atoms with Gasteiger partial charge in [0.1, 0.15) is 12.0 Å². The Balaban J connectivity index is 0.00000208. The molecule has 1 aromatic carbocycles. The van der Waals surface area contributed by atoms with Gasteiger partial charge >= 0.3 is 0 Å². The molecule has 2 aromatic rings. The van der Waals surface area contributed by atoms with Crippen LogP contribution in [-0.2, 0) is 0 Å². The number of amides is 1. The Morgan fingerprint density at radius 2 is 2.04 bits per heavy atom. The van der Waals surface area contributed by atoms with E-state index in [1.165, 1.54) is 0 Å². The second-order valence-electron chi connectivity index (χ2n) is 6.24. The lowest BCUT2D eigenvalue weighted by molar-refractivity contribution is 0.100. The summed E-state index contributed by atoms with van der Waals surface area (Å²) in [5.74, 6) is -1.30. The lowest BCUT2D eigenvalue weighted by Gasteiger charge is -2.35. The van der Waals surface area contributed by atoms with E-state index in [9.17, 15) is 13.6 Å². The first-order valence-electron chi connectivity index (χ1n) is 7.55. The number of nitrogens with one attached hydrogen (secondary N) is 1. The Labute approximate surface area is 144 Å². The Morgan fingerprint density at radius 1 is 1.38 bits per heavy atom. The number of anilines is 1. The highest BCUT2D eigenvalue weighted by Crippen LogP contribution is 2.37. The fraction of sp³-hybridized carbons (Fsp3) is 0.438. The van der Waals surface area contributed by atoms with Gasteiger partial charge < -0.3 is 21.4 Å². The number of H-pyrrole nitrogens is 1. The summed E-state index contributed by atoms with van der Waals surface area (Å²) in [6.07, 6.45) is -0.837. The van der Waals surface area contributed by atoms with Crippen molar-refractivity contribution in [1.29, 1.82) is 0 Å². The number of alkyl halides is 1. The number of nitrogens with two attached hydrogens (primary N) is 2. The minimum Gasteiger partial charge on any atom is -0.366 e. The second kappa shape index (κ2) is 6.57. The topological polar surface area (TPSA) is 88.1 Å². The molecule has 1 fully saturated rings. The molecule has 2 atom stereocenters. The number of piperidine rings is 1. The first-order valence-corrected chi connectivity index (χ1v) is 7.55. The summed E-state index contributed by atoms with van der Waals surface area (Å²) in [4.78, 5) is 16.3. The standard InChI is InChI=1S/C16H20F2N4O.ClH/c1-7-8(2)21-14-11(16(20)23)4-12(18)15(13(7)14)22-5-9(17)3-10(19)6-22;/h4,9-10,21H,3,5-6,19H2,1-2H3,(H2,20,23);1H/t9-,10+;/m1./s1. The van der Waals surface area contributed by atoms with Gasteiger partial charge in [0.15, 0.2) is 0 Å². The minimum absolute atomic E-state index is 0. The van der Waals surface area contributed by atoms with Crippen molar-refractivity contribution in [3.63, 3.8) is 0 Å². The number of fused-ring (bicyclic) bond motifs is 1. The van der Waals surface area contributed by atoms with Crippen molar-refractivity contribution in [2.75, 3.05) is 18.0 Å². The zero-order valence-electron chi connectivity index (χ0n) is 13.5. The first kappa shape index (κ1) is 18.5. The van der Waals surface area contributed by atoms with Crippen LogP contribution in [-0.4, -0.2) is 36.2 Å². The zero-order chi connectivity index (χ0) is 16.9. The molecule has 3 rings (SSSR count). The van der Waals surface area contributed by atoms with Crippen LogP contribution in [0, 0.1) is 19.7 Å². The molecule has 2 heterocycles. The molecule has 1 aliphatic rings. The van der Waals surface area contributed by atoms with Crippen LogP contribution in [0.4, 0.5) is 14.5 Å². The average Bonchev–Trinajstić information content (AvgIpc) is 2.73. The third-order valence-electron chi connectivity index (χ3n) is 4.52. The van der Waals surface area contributed by atoms with E-state index in [0.29, 0.717) is 17.4 Å². The number of rotatable bonds is 2. The SMILES string of the molecule is Cc1[nH]c2c(C(N)=O)cc(F)c(N3C[C@@H](N)C[C@@H](F)C3)c2c1C.Cl. The van der Waals surface area contributed by atoms with E-state index in [4.69, 9.17) is 11.5 Å². The van der Waals surface area contributed by atoms with Crippen LogP contribution in [0.3, 0.4) is 0 Å². The molecule has 1 aliphatic heterocycles. The molecule has 0 aliphatic carbocycles. The Hall–Kier alpha value is -1.86. The first-order chi connectivity index (χ1) is 10.8. The van der Waals surface area contributed by atoms with Gasteiger partial charge in [-0.1, -0.05) is 0 Å². The lowest BCUT2D eigenvalue weighted by atomic mass is 10.00. The van der Waals surface area contributed by atoms with Gasteiger partial charge in [-0.05, 0) is 31.9 Å². The predicted molar refractivity (Wildman–Crippen MR) is 93.2 cm³/mol. The smallest absolute Gasteiger partial charge is 0.250 e. The Bertz CT molecular complexity index is 782. The van der Waals surface area contributed by atoms with Crippen LogP contribution < -0.4 is 16.4 Å². The molecule has 132 valence electrons. The van der Waals surface area contributed by atoms with Crippen molar-refractivity contribution in [3.05, 3.63) is 28.7 Å². The van der Waals surface area contributed by atoms with Crippen molar-refractivity contribution in [2.24, 2.45) is 11.5 Å². The van der Waals surface area contributed by atoms with Crippen LogP contribution in [0.2, 0.25) is 0 Å². The molecule has 1 aromatic heterocycles. The molecule has 24 heavy (non-hydrogen) atoms. The molecule has 1 saturated heterocycles. The van der Waals surface area contributed by atoms with Crippen molar-refractivity contribution >= 4 is 34.9 Å². The molecule has 5 nitrogen and oxygen atoms in total. The number of halogens is 3. The zero-order valence-corrected chi connectivity index (χ0v) is 14.3. The highest BCUT2D eigenvalue weighted by Gasteiger charge is 2.30. The van der Waals surface area contributed by atoms with E-state index in [1.54, 1.807) is 4.90 Å². The van der Waals surface area contributed by atoms with Gasteiger partial charge in [-0.15, -0.1) is 12.4 Å². The van der Waals surface area contributed by atoms with Crippen LogP contribution in [0.5, 0.6) is 0 Å². The van der Waals surface area contributed by atoms with Crippen molar-refractivity contribution in [1.82, 2.24) is 4.98 Å². The largest absolute Gasteiger partial charge is 0.366 e. The molecular formula is C16H21ClF2N4O. The molecule has 0 bridgehead atoms. The third-order valence-corrected chi connectivity index (χ3v) is 4.52. The summed E-state index contributed by atoms with van der Waals surface area (Å²) >= 11 is 0. The van der Waals surface area contributed by atoms with Gasteiger partial charge in [0, 0.05) is 30.2 Å². The van der Waals surface area contributed by atoms with Crippen molar-refractivity contribution in [2.45, 2.75) is 32.5 Å². The van der Waals surface area contributed by atoms with E-state index in [1.807, 2.05) is 13.8 Å². The number of benzene rings is 1. The summed E-state index contributed by atoms with van der Waals surface area (Å²) in [7, 11) is 0. The molecule has 0 unspecified atom stereocenters. The second-order valence-corrected chi connectivity index (χ2v) is 6.24. The summed E-state index contributed by atoms with van der Waals surface area (Å²) < 4.78 is 28.6. The third kappa shape index (κ3) is 2.93. The molecule has 1 amide bonds. The number of aromatic nitrogens is 1. The van der Waals surface area contributed by atoms with Gasteiger partial charge in [-0.3, -0.25) is 4.79 Å². The maximum absolute atomic E-state index is 14.7. The molecule has 8 heteroatoms. The average molecular weight is 359 g/mol. The molecule has 0 saturated carbocycles. The Kier molecular flexibility index (Phi) is 5.05.